The number of carbonyl (C=O) groups excluding carboxylic acids is 1. The lowest BCUT2D eigenvalue weighted by atomic mass is 10.0. The van der Waals surface area contributed by atoms with Gasteiger partial charge in [-0.3, -0.25) is 4.79 Å². The monoisotopic (exact) mass is 235 g/mol. The molecular formula is C13H21N3O. The van der Waals surface area contributed by atoms with Crippen LogP contribution in [0.25, 0.3) is 0 Å². The molecule has 0 saturated heterocycles. The van der Waals surface area contributed by atoms with Gasteiger partial charge in [-0.05, 0) is 39.0 Å². The normalized spacial score (nSPS) is 14.5. The van der Waals surface area contributed by atoms with Crippen molar-refractivity contribution in [1.29, 1.82) is 0 Å². The average molecular weight is 235 g/mol. The Kier molecular flexibility index (Phi) is 3.82. The van der Waals surface area contributed by atoms with E-state index in [9.17, 15) is 4.79 Å². The molecule has 0 aromatic carbocycles. The summed E-state index contributed by atoms with van der Waals surface area (Å²) in [4.78, 5) is 15.8. The molecule has 1 heterocycles. The molecule has 0 aliphatic heterocycles. The molecule has 0 radical (unpaired) electrons. The van der Waals surface area contributed by atoms with E-state index in [0.29, 0.717) is 6.42 Å². The highest BCUT2D eigenvalue weighted by atomic mass is 16.1. The van der Waals surface area contributed by atoms with Gasteiger partial charge < -0.3 is 9.88 Å². The van der Waals surface area contributed by atoms with E-state index in [-0.39, 0.29) is 5.91 Å². The minimum absolute atomic E-state index is 0.122. The van der Waals surface area contributed by atoms with Crippen LogP contribution in [-0.4, -0.2) is 22.5 Å². The number of imidazole rings is 1. The Bertz CT molecular complexity index is 409. The Balaban J connectivity index is 2.00. The second-order valence-corrected chi connectivity index (χ2v) is 4.69. The van der Waals surface area contributed by atoms with Crippen LogP contribution < -0.4 is 5.32 Å². The van der Waals surface area contributed by atoms with Crippen molar-refractivity contribution in [3.05, 3.63) is 17.2 Å². The first-order valence-electron chi connectivity index (χ1n) is 6.48. The molecule has 4 heteroatoms. The average Bonchev–Trinajstić information content (AvgIpc) is 2.66. The predicted octanol–water partition coefficient (Wildman–Crippen LogP) is 1.60. The van der Waals surface area contributed by atoms with E-state index in [2.05, 4.69) is 21.8 Å². The Morgan fingerprint density at radius 1 is 1.41 bits per heavy atom. The van der Waals surface area contributed by atoms with Gasteiger partial charge in [0.1, 0.15) is 5.82 Å². The summed E-state index contributed by atoms with van der Waals surface area (Å²) in [6, 6.07) is 0. The van der Waals surface area contributed by atoms with Crippen molar-refractivity contribution in [2.24, 2.45) is 0 Å². The molecule has 1 amide bonds. The lowest BCUT2D eigenvalue weighted by molar-refractivity contribution is -0.120. The molecule has 1 aromatic rings. The van der Waals surface area contributed by atoms with Crippen LogP contribution in [0.1, 0.15) is 42.9 Å². The molecule has 0 fully saturated rings. The summed E-state index contributed by atoms with van der Waals surface area (Å²) >= 11 is 0. The Morgan fingerprint density at radius 3 is 2.94 bits per heavy atom. The van der Waals surface area contributed by atoms with E-state index in [1.165, 1.54) is 24.2 Å². The van der Waals surface area contributed by atoms with Gasteiger partial charge in [-0.2, -0.15) is 0 Å². The summed E-state index contributed by atoms with van der Waals surface area (Å²) < 4.78 is 2.30. The van der Waals surface area contributed by atoms with Crippen molar-refractivity contribution in [3.63, 3.8) is 0 Å². The van der Waals surface area contributed by atoms with Crippen LogP contribution in [0.5, 0.6) is 0 Å². The first-order valence-corrected chi connectivity index (χ1v) is 6.48. The van der Waals surface area contributed by atoms with Gasteiger partial charge >= 0.3 is 0 Å². The summed E-state index contributed by atoms with van der Waals surface area (Å²) in [6.07, 6.45) is 6.30. The molecule has 1 N–H and O–H groups in total. The van der Waals surface area contributed by atoms with E-state index in [0.717, 1.165) is 31.6 Å². The Labute approximate surface area is 102 Å². The van der Waals surface area contributed by atoms with Crippen molar-refractivity contribution in [2.75, 3.05) is 7.05 Å². The number of nitrogens with zero attached hydrogens (tertiary/aromatic N) is 2. The topological polar surface area (TPSA) is 46.9 Å². The number of aryl methyl sites for hydroxylation is 2. The van der Waals surface area contributed by atoms with Gasteiger partial charge in [-0.15, -0.1) is 0 Å². The highest BCUT2D eigenvalue weighted by Gasteiger charge is 2.17. The number of fused-ring (bicyclic) bond motifs is 1. The van der Waals surface area contributed by atoms with E-state index < -0.39 is 0 Å². The highest BCUT2D eigenvalue weighted by molar-refractivity contribution is 5.75. The van der Waals surface area contributed by atoms with Crippen molar-refractivity contribution in [2.45, 2.75) is 52.0 Å². The second kappa shape index (κ2) is 5.34. The van der Waals surface area contributed by atoms with E-state index in [1.54, 1.807) is 7.05 Å². The standard InChI is InChI=1S/C13H21N3O/c1-10-15-11-6-3-4-7-12(11)16(10)9-5-8-13(17)14-2/h3-9H2,1-2H3,(H,14,17). The number of hydrogen-bond acceptors (Lipinski definition) is 2. The molecule has 1 aromatic heterocycles. The lowest BCUT2D eigenvalue weighted by Gasteiger charge is -2.14. The predicted molar refractivity (Wildman–Crippen MR) is 66.9 cm³/mol. The molecular weight excluding hydrogens is 214 g/mol. The number of nitrogens with one attached hydrogen (secondary N) is 1. The van der Waals surface area contributed by atoms with Gasteiger partial charge in [0.15, 0.2) is 0 Å². The molecule has 17 heavy (non-hydrogen) atoms. The largest absolute Gasteiger partial charge is 0.359 e. The number of hydrogen-bond donors (Lipinski definition) is 1. The zero-order valence-electron chi connectivity index (χ0n) is 10.8. The maximum atomic E-state index is 11.2. The highest BCUT2D eigenvalue weighted by Crippen LogP contribution is 2.22. The first kappa shape index (κ1) is 12.1. The SMILES string of the molecule is CNC(=O)CCCn1c(C)nc2c1CCCC2. The second-order valence-electron chi connectivity index (χ2n) is 4.69. The molecule has 0 saturated carbocycles. The van der Waals surface area contributed by atoms with Crippen LogP contribution in [0.3, 0.4) is 0 Å². The van der Waals surface area contributed by atoms with Gasteiger partial charge in [0, 0.05) is 25.7 Å². The van der Waals surface area contributed by atoms with Gasteiger partial charge in [0.05, 0.1) is 5.69 Å². The van der Waals surface area contributed by atoms with Crippen LogP contribution in [0.4, 0.5) is 0 Å². The van der Waals surface area contributed by atoms with Crippen molar-refractivity contribution < 1.29 is 4.79 Å². The Hall–Kier alpha value is -1.32. The summed E-state index contributed by atoms with van der Waals surface area (Å²) in [7, 11) is 1.69. The molecule has 2 rings (SSSR count). The van der Waals surface area contributed by atoms with E-state index >= 15 is 0 Å². The van der Waals surface area contributed by atoms with Crippen LogP contribution in [-0.2, 0) is 24.2 Å². The van der Waals surface area contributed by atoms with Gasteiger partial charge in [-0.25, -0.2) is 4.98 Å². The summed E-state index contributed by atoms with van der Waals surface area (Å²) in [5, 5.41) is 2.66. The zero-order valence-corrected chi connectivity index (χ0v) is 10.8. The fourth-order valence-electron chi connectivity index (χ4n) is 2.56. The minimum atomic E-state index is 0.122. The third kappa shape index (κ3) is 2.68. The van der Waals surface area contributed by atoms with Gasteiger partial charge in [0.25, 0.3) is 0 Å². The maximum Gasteiger partial charge on any atom is 0.219 e. The number of aromatic nitrogens is 2. The summed E-state index contributed by atoms with van der Waals surface area (Å²) in [5.41, 5.74) is 2.69. The number of carbonyl (C=O) groups is 1. The minimum Gasteiger partial charge on any atom is -0.359 e. The van der Waals surface area contributed by atoms with Crippen molar-refractivity contribution in [1.82, 2.24) is 14.9 Å². The fourth-order valence-corrected chi connectivity index (χ4v) is 2.56. The molecule has 1 aliphatic carbocycles. The van der Waals surface area contributed by atoms with Gasteiger partial charge in [-0.1, -0.05) is 0 Å². The third-order valence-corrected chi connectivity index (χ3v) is 3.49. The van der Waals surface area contributed by atoms with Crippen LogP contribution in [0, 0.1) is 6.92 Å². The molecule has 0 atom stereocenters. The zero-order chi connectivity index (χ0) is 12.3. The van der Waals surface area contributed by atoms with Crippen LogP contribution >= 0.6 is 0 Å². The summed E-state index contributed by atoms with van der Waals surface area (Å²) in [6.45, 7) is 2.99. The van der Waals surface area contributed by atoms with Crippen molar-refractivity contribution >= 4 is 5.91 Å². The Morgan fingerprint density at radius 2 is 2.18 bits per heavy atom. The molecule has 1 aliphatic rings. The first-order chi connectivity index (χ1) is 8.22. The lowest BCUT2D eigenvalue weighted by Crippen LogP contribution is -2.18. The molecule has 0 bridgehead atoms. The smallest absolute Gasteiger partial charge is 0.219 e. The van der Waals surface area contributed by atoms with Crippen LogP contribution in [0.2, 0.25) is 0 Å². The van der Waals surface area contributed by atoms with Crippen molar-refractivity contribution in [3.8, 4) is 0 Å². The summed E-state index contributed by atoms with van der Waals surface area (Å²) in [5.74, 6) is 1.23. The molecule has 0 unspecified atom stereocenters. The molecule has 0 spiro atoms. The van der Waals surface area contributed by atoms with Crippen LogP contribution in [0.15, 0.2) is 0 Å². The van der Waals surface area contributed by atoms with E-state index in [1.807, 2.05) is 0 Å². The number of rotatable bonds is 4. The fraction of sp³-hybridized carbons (Fsp3) is 0.692. The molecule has 94 valence electrons. The third-order valence-electron chi connectivity index (χ3n) is 3.49. The maximum absolute atomic E-state index is 11.2. The number of amides is 1. The quantitative estimate of drug-likeness (QED) is 0.861. The molecule has 4 nitrogen and oxygen atoms in total. The van der Waals surface area contributed by atoms with Gasteiger partial charge in [0.2, 0.25) is 5.91 Å². The van der Waals surface area contributed by atoms with E-state index in [4.69, 9.17) is 0 Å².